The predicted molar refractivity (Wildman–Crippen MR) is 156 cm³/mol. The third kappa shape index (κ3) is 6.04. The highest BCUT2D eigenvalue weighted by Gasteiger charge is 2.46. The summed E-state index contributed by atoms with van der Waals surface area (Å²) >= 11 is 0. The minimum atomic E-state index is -0.798. The number of benzene rings is 3. The summed E-state index contributed by atoms with van der Waals surface area (Å²) in [6.07, 6.45) is 4.92. The van der Waals surface area contributed by atoms with Crippen molar-refractivity contribution in [1.29, 1.82) is 0 Å². The number of aliphatic hydroxyl groups is 1. The number of pyridine rings is 1. The van der Waals surface area contributed by atoms with Crippen molar-refractivity contribution in [3.63, 3.8) is 0 Å². The molecule has 0 spiro atoms. The topological polar surface area (TPSA) is 89.0 Å². The lowest BCUT2D eigenvalue weighted by molar-refractivity contribution is -0.140. The Morgan fingerprint density at radius 3 is 2.27 bits per heavy atom. The molecule has 1 aliphatic rings. The molecule has 1 amide bonds. The third-order valence-corrected chi connectivity index (χ3v) is 6.99. The molecule has 5 rings (SSSR count). The molecule has 41 heavy (non-hydrogen) atoms. The molecule has 1 N–H and O–H groups in total. The fourth-order valence-electron chi connectivity index (χ4n) is 4.77. The van der Waals surface area contributed by atoms with Crippen molar-refractivity contribution >= 4 is 17.4 Å². The Kier molecular flexibility index (Phi) is 8.25. The quantitative estimate of drug-likeness (QED) is 0.111. The van der Waals surface area contributed by atoms with Crippen LogP contribution in [-0.4, -0.2) is 33.3 Å². The molecule has 1 fully saturated rings. The van der Waals surface area contributed by atoms with Crippen LogP contribution in [0.4, 0.5) is 0 Å². The van der Waals surface area contributed by atoms with Gasteiger partial charge in [-0.25, -0.2) is 0 Å². The second-order valence-electron chi connectivity index (χ2n) is 9.69. The average molecular weight is 547 g/mol. The summed E-state index contributed by atoms with van der Waals surface area (Å²) in [7, 11) is 0. The van der Waals surface area contributed by atoms with E-state index in [2.05, 4.69) is 11.6 Å². The van der Waals surface area contributed by atoms with Gasteiger partial charge in [0.1, 0.15) is 30.5 Å². The summed E-state index contributed by atoms with van der Waals surface area (Å²) in [5.41, 5.74) is 4.13. The highest BCUT2D eigenvalue weighted by molar-refractivity contribution is 6.46. The van der Waals surface area contributed by atoms with Crippen molar-refractivity contribution in [2.24, 2.45) is 0 Å². The zero-order valence-electron chi connectivity index (χ0n) is 22.7. The van der Waals surface area contributed by atoms with Crippen LogP contribution in [0.5, 0.6) is 11.5 Å². The number of ether oxygens (including phenoxy) is 2. The van der Waals surface area contributed by atoms with Crippen molar-refractivity contribution in [2.75, 3.05) is 6.61 Å². The molecule has 0 radical (unpaired) electrons. The monoisotopic (exact) mass is 546 g/mol. The average Bonchev–Trinajstić information content (AvgIpc) is 3.25. The standard InChI is InChI=1S/C34H30N2O5/c1-3-20-40-28-12-8-25(9-13-28)31-30(33(38)34(39)36(31)21-24-16-18-35-19-17-24)32(37)26-10-14-29(15-11-26)41-22-27-7-5-4-6-23(27)2/h3-19,31,37H,1,20-22H2,2H3/b32-30+. The number of aliphatic hydroxyl groups excluding tert-OH is 1. The van der Waals surface area contributed by atoms with E-state index in [1.54, 1.807) is 79.1 Å². The summed E-state index contributed by atoms with van der Waals surface area (Å²) in [5, 5.41) is 11.4. The zero-order valence-corrected chi connectivity index (χ0v) is 22.7. The van der Waals surface area contributed by atoms with Crippen LogP contribution in [0, 0.1) is 6.92 Å². The number of aryl methyl sites for hydroxylation is 1. The van der Waals surface area contributed by atoms with E-state index in [9.17, 15) is 14.7 Å². The summed E-state index contributed by atoms with van der Waals surface area (Å²) in [5.74, 6) is -0.425. The molecule has 2 heterocycles. The molecule has 206 valence electrons. The maximum atomic E-state index is 13.4. The highest BCUT2D eigenvalue weighted by Crippen LogP contribution is 2.40. The number of carbonyl (C=O) groups excluding carboxylic acids is 2. The number of ketones is 1. The van der Waals surface area contributed by atoms with Crippen LogP contribution in [0.1, 0.15) is 33.9 Å². The van der Waals surface area contributed by atoms with Crippen molar-refractivity contribution in [3.8, 4) is 11.5 Å². The van der Waals surface area contributed by atoms with Crippen molar-refractivity contribution in [3.05, 3.63) is 143 Å². The number of hydrogen-bond donors (Lipinski definition) is 1. The smallest absolute Gasteiger partial charge is 0.295 e. The van der Waals surface area contributed by atoms with E-state index < -0.39 is 17.7 Å². The number of hydrogen-bond acceptors (Lipinski definition) is 6. The van der Waals surface area contributed by atoms with Crippen LogP contribution in [-0.2, 0) is 22.7 Å². The normalized spacial score (nSPS) is 16.0. The third-order valence-electron chi connectivity index (χ3n) is 6.99. The predicted octanol–water partition coefficient (Wildman–Crippen LogP) is 6.16. The van der Waals surface area contributed by atoms with Crippen LogP contribution in [0.3, 0.4) is 0 Å². The SMILES string of the molecule is C=CCOc1ccc(C2/C(=C(\O)c3ccc(OCc4ccccc4C)cc3)C(=O)C(=O)N2Cc2ccncc2)cc1. The number of aromatic nitrogens is 1. The molecule has 7 heteroatoms. The molecule has 1 aliphatic heterocycles. The number of amides is 1. The molecular weight excluding hydrogens is 516 g/mol. The first-order chi connectivity index (χ1) is 20.0. The van der Waals surface area contributed by atoms with Gasteiger partial charge in [0.2, 0.25) is 0 Å². The van der Waals surface area contributed by atoms with Gasteiger partial charge in [-0.05, 0) is 77.7 Å². The molecule has 3 aromatic carbocycles. The molecule has 1 aromatic heterocycles. The first kappa shape index (κ1) is 27.4. The molecule has 1 saturated heterocycles. The minimum Gasteiger partial charge on any atom is -0.507 e. The minimum absolute atomic E-state index is 0.0254. The Morgan fingerprint density at radius 1 is 0.927 bits per heavy atom. The first-order valence-corrected chi connectivity index (χ1v) is 13.2. The van der Waals surface area contributed by atoms with Crippen molar-refractivity contribution in [1.82, 2.24) is 9.88 Å². The Bertz CT molecular complexity index is 1580. The number of carbonyl (C=O) groups is 2. The van der Waals surface area contributed by atoms with Gasteiger partial charge in [-0.15, -0.1) is 0 Å². The van der Waals surface area contributed by atoms with Gasteiger partial charge in [0.25, 0.3) is 11.7 Å². The van der Waals surface area contributed by atoms with Gasteiger partial charge in [0.15, 0.2) is 0 Å². The Balaban J connectivity index is 1.47. The fourth-order valence-corrected chi connectivity index (χ4v) is 4.77. The zero-order chi connectivity index (χ0) is 28.8. The van der Waals surface area contributed by atoms with E-state index in [1.165, 1.54) is 4.90 Å². The van der Waals surface area contributed by atoms with Gasteiger partial charge in [0.05, 0.1) is 11.6 Å². The lowest BCUT2D eigenvalue weighted by atomic mass is 9.95. The summed E-state index contributed by atoms with van der Waals surface area (Å²) in [6.45, 7) is 6.63. The lowest BCUT2D eigenvalue weighted by Gasteiger charge is -2.25. The fraction of sp³-hybridized carbons (Fsp3) is 0.147. The summed E-state index contributed by atoms with van der Waals surface area (Å²) in [6, 6.07) is 24.7. The lowest BCUT2D eigenvalue weighted by Crippen LogP contribution is -2.29. The second kappa shape index (κ2) is 12.3. The van der Waals surface area contributed by atoms with Gasteiger partial charge >= 0.3 is 0 Å². The van der Waals surface area contributed by atoms with Crippen LogP contribution in [0.2, 0.25) is 0 Å². The highest BCUT2D eigenvalue weighted by atomic mass is 16.5. The Labute approximate surface area is 239 Å². The van der Waals surface area contributed by atoms with Gasteiger partial charge in [0, 0.05) is 24.5 Å². The van der Waals surface area contributed by atoms with Gasteiger partial charge in [-0.3, -0.25) is 14.6 Å². The number of nitrogens with zero attached hydrogens (tertiary/aromatic N) is 2. The van der Waals surface area contributed by atoms with Crippen LogP contribution < -0.4 is 9.47 Å². The van der Waals surface area contributed by atoms with Crippen molar-refractivity contribution < 1.29 is 24.2 Å². The summed E-state index contributed by atoms with van der Waals surface area (Å²) < 4.78 is 11.5. The number of rotatable bonds is 10. The maximum Gasteiger partial charge on any atom is 0.295 e. The molecule has 0 aliphatic carbocycles. The Morgan fingerprint density at radius 2 is 1.59 bits per heavy atom. The second-order valence-corrected chi connectivity index (χ2v) is 9.69. The molecule has 1 unspecified atom stereocenters. The van der Waals surface area contributed by atoms with E-state index in [0.717, 1.165) is 16.7 Å². The molecule has 4 aromatic rings. The van der Waals surface area contributed by atoms with Crippen LogP contribution >= 0.6 is 0 Å². The summed E-state index contributed by atoms with van der Waals surface area (Å²) in [4.78, 5) is 32.2. The van der Waals surface area contributed by atoms with Gasteiger partial charge < -0.3 is 19.5 Å². The van der Waals surface area contributed by atoms with Crippen LogP contribution in [0.25, 0.3) is 5.76 Å². The number of Topliss-reactive ketones (excluding diaryl/α,β-unsaturated/α-hetero) is 1. The van der Waals surface area contributed by atoms with E-state index in [4.69, 9.17) is 9.47 Å². The van der Waals surface area contributed by atoms with Gasteiger partial charge in [-0.1, -0.05) is 49.1 Å². The van der Waals surface area contributed by atoms with E-state index in [-0.39, 0.29) is 17.9 Å². The molecule has 0 bridgehead atoms. The molecular formula is C34H30N2O5. The van der Waals surface area contributed by atoms with E-state index in [1.807, 2.05) is 31.2 Å². The van der Waals surface area contributed by atoms with E-state index in [0.29, 0.717) is 35.8 Å². The van der Waals surface area contributed by atoms with Gasteiger partial charge in [-0.2, -0.15) is 0 Å². The molecule has 7 nitrogen and oxygen atoms in total. The van der Waals surface area contributed by atoms with E-state index >= 15 is 0 Å². The number of likely N-dealkylation sites (tertiary alicyclic amines) is 1. The van der Waals surface area contributed by atoms with Crippen molar-refractivity contribution in [2.45, 2.75) is 26.1 Å². The molecule has 0 saturated carbocycles. The Hall–Kier alpha value is -5.17. The van der Waals surface area contributed by atoms with Crippen LogP contribution in [0.15, 0.2) is 116 Å². The maximum absolute atomic E-state index is 13.4. The molecule has 1 atom stereocenters. The largest absolute Gasteiger partial charge is 0.507 e. The first-order valence-electron chi connectivity index (χ1n) is 13.2.